The molecule has 0 unspecified atom stereocenters. The average Bonchev–Trinajstić information content (AvgIpc) is 2.79. The third-order valence-electron chi connectivity index (χ3n) is 5.04. The lowest BCUT2D eigenvalue weighted by Crippen LogP contribution is -1.91. The van der Waals surface area contributed by atoms with Crippen molar-refractivity contribution >= 4 is 22.5 Å². The topological polar surface area (TPSA) is 25.8 Å². The van der Waals surface area contributed by atoms with Crippen LogP contribution in [-0.2, 0) is 0 Å². The Bertz CT molecular complexity index is 1300. The predicted molar refractivity (Wildman–Crippen MR) is 121 cm³/mol. The van der Waals surface area contributed by atoms with E-state index in [2.05, 4.69) is 82.8 Å². The highest BCUT2D eigenvalue weighted by molar-refractivity contribution is 6.28. The Labute approximate surface area is 174 Å². The summed E-state index contributed by atoms with van der Waals surface area (Å²) in [6.07, 6.45) is 0. The Kier molecular flexibility index (Phi) is 4.55. The fourth-order valence-electron chi connectivity index (χ4n) is 3.60. The summed E-state index contributed by atoms with van der Waals surface area (Å²) >= 11 is 6.18. The van der Waals surface area contributed by atoms with Crippen molar-refractivity contribution in [2.24, 2.45) is 0 Å². The van der Waals surface area contributed by atoms with Crippen LogP contribution in [0.3, 0.4) is 0 Å². The van der Waals surface area contributed by atoms with Gasteiger partial charge in [0.15, 0.2) is 0 Å². The standard InChI is InChI=1S/C26H17ClN2/c27-26-28-24-12-5-4-11-23(24)25(29-26)22-10-6-9-21(17-22)20-15-13-19(14-16-20)18-7-2-1-3-8-18/h1-17H. The molecule has 0 bridgehead atoms. The molecule has 3 heteroatoms. The summed E-state index contributed by atoms with van der Waals surface area (Å²) in [7, 11) is 0. The van der Waals surface area contributed by atoms with Crippen molar-refractivity contribution in [3.63, 3.8) is 0 Å². The van der Waals surface area contributed by atoms with E-state index in [4.69, 9.17) is 11.6 Å². The maximum Gasteiger partial charge on any atom is 0.223 e. The lowest BCUT2D eigenvalue weighted by Gasteiger charge is -2.09. The maximum absolute atomic E-state index is 6.18. The van der Waals surface area contributed by atoms with Gasteiger partial charge in [0.2, 0.25) is 5.28 Å². The molecule has 0 aliphatic heterocycles. The molecular weight excluding hydrogens is 376 g/mol. The fraction of sp³-hybridized carbons (Fsp3) is 0. The zero-order valence-corrected chi connectivity index (χ0v) is 16.3. The van der Waals surface area contributed by atoms with Gasteiger partial charge >= 0.3 is 0 Å². The molecule has 29 heavy (non-hydrogen) atoms. The zero-order chi connectivity index (χ0) is 19.6. The maximum atomic E-state index is 6.18. The van der Waals surface area contributed by atoms with Crippen LogP contribution in [0.1, 0.15) is 0 Å². The molecule has 0 saturated heterocycles. The predicted octanol–water partition coefficient (Wildman–Crippen LogP) is 7.28. The SMILES string of the molecule is Clc1nc(-c2cccc(-c3ccc(-c4ccccc4)cc3)c2)c2ccccc2n1. The average molecular weight is 393 g/mol. The van der Waals surface area contributed by atoms with Crippen molar-refractivity contribution in [2.75, 3.05) is 0 Å². The Hall–Kier alpha value is -3.49. The third kappa shape index (κ3) is 3.51. The molecule has 0 atom stereocenters. The number of hydrogen-bond acceptors (Lipinski definition) is 2. The summed E-state index contributed by atoms with van der Waals surface area (Å²) in [6, 6.07) is 35.4. The minimum atomic E-state index is 0.260. The van der Waals surface area contributed by atoms with Crippen molar-refractivity contribution in [3.8, 4) is 33.5 Å². The summed E-state index contributed by atoms with van der Waals surface area (Å²) in [6.45, 7) is 0. The molecule has 0 fully saturated rings. The quantitative estimate of drug-likeness (QED) is 0.301. The van der Waals surface area contributed by atoms with Crippen LogP contribution in [-0.4, -0.2) is 9.97 Å². The van der Waals surface area contributed by atoms with Gasteiger partial charge in [0.25, 0.3) is 0 Å². The molecule has 5 aromatic rings. The summed E-state index contributed by atoms with van der Waals surface area (Å²) in [5.74, 6) is 0. The van der Waals surface area contributed by atoms with Gasteiger partial charge in [-0.1, -0.05) is 91.0 Å². The van der Waals surface area contributed by atoms with E-state index in [0.717, 1.165) is 33.3 Å². The largest absolute Gasteiger partial charge is 0.223 e. The van der Waals surface area contributed by atoms with Crippen molar-refractivity contribution < 1.29 is 0 Å². The van der Waals surface area contributed by atoms with E-state index in [0.29, 0.717) is 0 Å². The number of rotatable bonds is 3. The van der Waals surface area contributed by atoms with Crippen molar-refractivity contribution in [1.29, 1.82) is 0 Å². The first-order chi connectivity index (χ1) is 14.3. The second-order valence-corrected chi connectivity index (χ2v) is 7.22. The van der Waals surface area contributed by atoms with Crippen LogP contribution in [0.2, 0.25) is 5.28 Å². The molecule has 1 heterocycles. The zero-order valence-electron chi connectivity index (χ0n) is 15.6. The minimum absolute atomic E-state index is 0.260. The van der Waals surface area contributed by atoms with E-state index in [1.54, 1.807) is 0 Å². The first kappa shape index (κ1) is 17.6. The van der Waals surface area contributed by atoms with Gasteiger partial charge in [-0.05, 0) is 46.0 Å². The van der Waals surface area contributed by atoms with Crippen LogP contribution >= 0.6 is 11.6 Å². The minimum Gasteiger partial charge on any atom is -0.218 e. The monoisotopic (exact) mass is 392 g/mol. The molecule has 0 radical (unpaired) electrons. The lowest BCUT2D eigenvalue weighted by molar-refractivity contribution is 1.22. The normalized spacial score (nSPS) is 10.9. The molecule has 0 spiro atoms. The Morgan fingerprint density at radius 1 is 0.483 bits per heavy atom. The highest BCUT2D eigenvalue weighted by Gasteiger charge is 2.10. The first-order valence-corrected chi connectivity index (χ1v) is 9.84. The van der Waals surface area contributed by atoms with Gasteiger partial charge in [-0.2, -0.15) is 0 Å². The van der Waals surface area contributed by atoms with Gasteiger partial charge in [0, 0.05) is 10.9 Å². The van der Waals surface area contributed by atoms with Crippen LogP contribution in [0.5, 0.6) is 0 Å². The molecule has 0 aliphatic rings. The number of hydrogen-bond donors (Lipinski definition) is 0. The highest BCUT2D eigenvalue weighted by Crippen LogP contribution is 2.31. The van der Waals surface area contributed by atoms with Gasteiger partial charge in [0.1, 0.15) is 0 Å². The molecule has 0 N–H and O–H groups in total. The van der Waals surface area contributed by atoms with Gasteiger partial charge in [-0.3, -0.25) is 0 Å². The molecule has 1 aromatic heterocycles. The third-order valence-corrected chi connectivity index (χ3v) is 5.21. The fourth-order valence-corrected chi connectivity index (χ4v) is 3.78. The van der Waals surface area contributed by atoms with Gasteiger partial charge in [0.05, 0.1) is 11.2 Å². The van der Waals surface area contributed by atoms with Gasteiger partial charge < -0.3 is 0 Å². The van der Waals surface area contributed by atoms with Crippen LogP contribution in [0.4, 0.5) is 0 Å². The second-order valence-electron chi connectivity index (χ2n) is 6.88. The van der Waals surface area contributed by atoms with Crippen LogP contribution in [0.25, 0.3) is 44.4 Å². The molecule has 0 aliphatic carbocycles. The molecule has 4 aromatic carbocycles. The van der Waals surface area contributed by atoms with E-state index < -0.39 is 0 Å². The van der Waals surface area contributed by atoms with Crippen molar-refractivity contribution in [2.45, 2.75) is 0 Å². The van der Waals surface area contributed by atoms with Crippen molar-refractivity contribution in [3.05, 3.63) is 108 Å². The number of benzene rings is 4. The van der Waals surface area contributed by atoms with Gasteiger partial charge in [-0.25, -0.2) is 9.97 Å². The Balaban J connectivity index is 1.56. The molecular formula is C26H17ClN2. The van der Waals surface area contributed by atoms with E-state index >= 15 is 0 Å². The van der Waals surface area contributed by atoms with Crippen LogP contribution in [0.15, 0.2) is 103 Å². The van der Waals surface area contributed by atoms with Crippen LogP contribution < -0.4 is 0 Å². The number of fused-ring (bicyclic) bond motifs is 1. The van der Waals surface area contributed by atoms with Crippen molar-refractivity contribution in [1.82, 2.24) is 9.97 Å². The Morgan fingerprint density at radius 2 is 1.07 bits per heavy atom. The van der Waals surface area contributed by atoms with E-state index in [1.165, 1.54) is 11.1 Å². The number of nitrogens with zero attached hydrogens (tertiary/aromatic N) is 2. The summed E-state index contributed by atoms with van der Waals surface area (Å²) < 4.78 is 0. The van der Waals surface area contributed by atoms with Gasteiger partial charge in [-0.15, -0.1) is 0 Å². The number of aromatic nitrogens is 2. The van der Waals surface area contributed by atoms with Crippen LogP contribution in [0, 0.1) is 0 Å². The first-order valence-electron chi connectivity index (χ1n) is 9.46. The lowest BCUT2D eigenvalue weighted by atomic mass is 9.98. The molecule has 2 nitrogen and oxygen atoms in total. The highest BCUT2D eigenvalue weighted by atomic mass is 35.5. The molecule has 0 amide bonds. The summed E-state index contributed by atoms with van der Waals surface area (Å²) in [5.41, 5.74) is 7.45. The Morgan fingerprint density at radius 3 is 1.86 bits per heavy atom. The van der Waals surface area contributed by atoms with E-state index in [9.17, 15) is 0 Å². The summed E-state index contributed by atoms with van der Waals surface area (Å²) in [4.78, 5) is 8.85. The summed E-state index contributed by atoms with van der Waals surface area (Å²) in [5, 5.41) is 1.25. The number of para-hydroxylation sites is 1. The molecule has 0 saturated carbocycles. The van der Waals surface area contributed by atoms with E-state index in [1.807, 2.05) is 30.3 Å². The molecule has 5 rings (SSSR count). The number of halogens is 1. The smallest absolute Gasteiger partial charge is 0.218 e. The van der Waals surface area contributed by atoms with E-state index in [-0.39, 0.29) is 5.28 Å². The second kappa shape index (κ2) is 7.50. The molecule has 138 valence electrons.